The topological polar surface area (TPSA) is 154 Å². The minimum Gasteiger partial charge on any atom is -0.479 e. The molecule has 156 valence electrons. The zero-order valence-electron chi connectivity index (χ0n) is 15.6. The zero-order chi connectivity index (χ0) is 20.3. The minimum atomic E-state index is -1.21. The summed E-state index contributed by atoms with van der Waals surface area (Å²) in [6.07, 6.45) is 2.31. The number of hydrogen-bond acceptors (Lipinski definition) is 7. The molecule has 0 spiro atoms. The molecule has 2 atom stereocenters. The summed E-state index contributed by atoms with van der Waals surface area (Å²) < 4.78 is 9.55. The van der Waals surface area contributed by atoms with E-state index in [2.05, 4.69) is 15.4 Å². The number of ether oxygens (including phenoxy) is 2. The number of hydrogen-bond donors (Lipinski definition) is 5. The molecule has 5 N–H and O–H groups in total. The lowest BCUT2D eigenvalue weighted by Gasteiger charge is -2.29. The van der Waals surface area contributed by atoms with E-state index in [0.717, 1.165) is 25.7 Å². The number of carboxylic acid groups (broad SMARTS) is 1. The van der Waals surface area contributed by atoms with Crippen LogP contribution in [0.15, 0.2) is 0 Å². The number of carbonyl (C=O) groups is 3. The van der Waals surface area contributed by atoms with Gasteiger partial charge in [-0.1, -0.05) is 13.3 Å². The van der Waals surface area contributed by atoms with Gasteiger partial charge in [-0.2, -0.15) is 0 Å². The van der Waals surface area contributed by atoms with Gasteiger partial charge in [-0.3, -0.25) is 0 Å². The van der Waals surface area contributed by atoms with Crippen molar-refractivity contribution in [3.63, 3.8) is 0 Å². The maximum absolute atomic E-state index is 11.8. The lowest BCUT2D eigenvalue weighted by atomic mass is 9.81. The smallest absolute Gasteiger partial charge is 0.407 e. The van der Waals surface area contributed by atoms with Crippen molar-refractivity contribution in [1.82, 2.24) is 10.6 Å². The Bertz CT molecular complexity index is 495. The fraction of sp³-hybridized carbons (Fsp3) is 0.824. The van der Waals surface area contributed by atoms with Crippen molar-refractivity contribution >= 4 is 18.2 Å². The van der Waals surface area contributed by atoms with E-state index in [9.17, 15) is 24.6 Å². The first-order valence-electron chi connectivity index (χ1n) is 9.02. The van der Waals surface area contributed by atoms with Gasteiger partial charge in [0.2, 0.25) is 0 Å². The fourth-order valence-corrected chi connectivity index (χ4v) is 2.84. The van der Waals surface area contributed by atoms with Crippen molar-refractivity contribution in [3.8, 4) is 0 Å². The Morgan fingerprint density at radius 3 is 2.00 bits per heavy atom. The van der Waals surface area contributed by atoms with Crippen LogP contribution in [-0.2, 0) is 14.3 Å². The number of rotatable bonds is 10. The Morgan fingerprint density at radius 2 is 1.52 bits per heavy atom. The molecule has 0 aromatic rings. The molecular formula is C17H30N2O8. The standard InChI is InChI=1S/C17H30N2O8/c1-17(9-20,10-21)11-27-16(25)19-7-13-4-2-3-12(5-13)6-18-15(24)26-8-14(22)23/h12-13,20-21H,2-11H2,1H3,(H,18,24)(H,19,25)(H,22,23). The van der Waals surface area contributed by atoms with Gasteiger partial charge < -0.3 is 35.4 Å². The summed E-state index contributed by atoms with van der Waals surface area (Å²) in [5.41, 5.74) is -0.867. The summed E-state index contributed by atoms with van der Waals surface area (Å²) in [4.78, 5) is 33.5. The van der Waals surface area contributed by atoms with Gasteiger partial charge in [-0.25, -0.2) is 14.4 Å². The summed E-state index contributed by atoms with van der Waals surface area (Å²) in [7, 11) is 0. The summed E-state index contributed by atoms with van der Waals surface area (Å²) in [5, 5.41) is 32.0. The second-order valence-corrected chi connectivity index (χ2v) is 7.33. The van der Waals surface area contributed by atoms with E-state index in [4.69, 9.17) is 9.84 Å². The van der Waals surface area contributed by atoms with Crippen molar-refractivity contribution < 1.29 is 39.2 Å². The lowest BCUT2D eigenvalue weighted by molar-refractivity contribution is -0.140. The van der Waals surface area contributed by atoms with E-state index < -0.39 is 30.2 Å². The van der Waals surface area contributed by atoms with Crippen molar-refractivity contribution in [1.29, 1.82) is 0 Å². The van der Waals surface area contributed by atoms with E-state index in [1.165, 1.54) is 0 Å². The Balaban J connectivity index is 2.25. The third-order valence-corrected chi connectivity index (χ3v) is 4.60. The number of aliphatic hydroxyl groups excluding tert-OH is 2. The maximum Gasteiger partial charge on any atom is 0.407 e. The highest BCUT2D eigenvalue weighted by molar-refractivity contribution is 5.74. The SMILES string of the molecule is CC(CO)(CO)COC(=O)NCC1CCCC(CNC(=O)OCC(=O)O)C1. The van der Waals surface area contributed by atoms with Crippen LogP contribution in [0.1, 0.15) is 32.6 Å². The molecule has 27 heavy (non-hydrogen) atoms. The fourth-order valence-electron chi connectivity index (χ4n) is 2.84. The molecule has 10 heteroatoms. The predicted octanol–water partition coefficient (Wildman–Crippen LogP) is 0.321. The van der Waals surface area contributed by atoms with Gasteiger partial charge in [0, 0.05) is 18.5 Å². The van der Waals surface area contributed by atoms with E-state index in [0.29, 0.717) is 13.1 Å². The average Bonchev–Trinajstić information content (AvgIpc) is 2.67. The van der Waals surface area contributed by atoms with Crippen LogP contribution in [0.25, 0.3) is 0 Å². The van der Waals surface area contributed by atoms with Crippen LogP contribution < -0.4 is 10.6 Å². The van der Waals surface area contributed by atoms with Crippen molar-refractivity contribution in [2.45, 2.75) is 32.6 Å². The largest absolute Gasteiger partial charge is 0.479 e. The van der Waals surface area contributed by atoms with Crippen LogP contribution >= 0.6 is 0 Å². The third kappa shape index (κ3) is 9.43. The Labute approximate surface area is 158 Å². The highest BCUT2D eigenvalue weighted by atomic mass is 16.6. The quantitative estimate of drug-likeness (QED) is 0.357. The summed E-state index contributed by atoms with van der Waals surface area (Å²) in [6.45, 7) is 1.11. The van der Waals surface area contributed by atoms with E-state index >= 15 is 0 Å². The minimum absolute atomic E-state index is 0.0818. The first-order valence-corrected chi connectivity index (χ1v) is 9.02. The Morgan fingerprint density at radius 1 is 1.00 bits per heavy atom. The number of aliphatic carboxylic acids is 1. The first-order chi connectivity index (χ1) is 12.8. The van der Waals surface area contributed by atoms with Crippen LogP contribution in [0, 0.1) is 17.3 Å². The summed E-state index contributed by atoms with van der Waals surface area (Å²) in [5.74, 6) is -0.736. The Kier molecular flexibility index (Phi) is 9.87. The van der Waals surface area contributed by atoms with Gasteiger partial charge in [0.25, 0.3) is 0 Å². The lowest BCUT2D eigenvalue weighted by Crippen LogP contribution is -2.38. The van der Waals surface area contributed by atoms with Gasteiger partial charge in [0.15, 0.2) is 6.61 Å². The van der Waals surface area contributed by atoms with E-state index in [1.54, 1.807) is 6.92 Å². The maximum atomic E-state index is 11.8. The molecule has 0 aliphatic heterocycles. The molecule has 0 saturated heterocycles. The number of alkyl carbamates (subject to hydrolysis) is 2. The molecule has 1 rings (SSSR count). The zero-order valence-corrected chi connectivity index (χ0v) is 15.6. The highest BCUT2D eigenvalue weighted by Crippen LogP contribution is 2.28. The number of carboxylic acids is 1. The van der Waals surface area contributed by atoms with Gasteiger partial charge in [0.05, 0.1) is 13.2 Å². The molecule has 2 amide bonds. The second kappa shape index (κ2) is 11.6. The molecule has 0 aromatic carbocycles. The molecule has 2 unspecified atom stereocenters. The third-order valence-electron chi connectivity index (χ3n) is 4.60. The van der Waals surface area contributed by atoms with Gasteiger partial charge in [-0.15, -0.1) is 0 Å². The van der Waals surface area contributed by atoms with Crippen molar-refractivity contribution in [2.24, 2.45) is 17.3 Å². The second-order valence-electron chi connectivity index (χ2n) is 7.33. The van der Waals surface area contributed by atoms with Crippen molar-refractivity contribution in [2.75, 3.05) is 39.5 Å². The Hall–Kier alpha value is -2.07. The molecular weight excluding hydrogens is 360 g/mol. The molecule has 10 nitrogen and oxygen atoms in total. The van der Waals surface area contributed by atoms with Crippen LogP contribution in [0.5, 0.6) is 0 Å². The monoisotopic (exact) mass is 390 g/mol. The molecule has 1 aliphatic rings. The van der Waals surface area contributed by atoms with Gasteiger partial charge in [0.1, 0.15) is 6.61 Å². The summed E-state index contributed by atoms with van der Waals surface area (Å²) in [6, 6.07) is 0. The van der Waals surface area contributed by atoms with Crippen LogP contribution in [0.2, 0.25) is 0 Å². The van der Waals surface area contributed by atoms with Gasteiger partial charge in [-0.05, 0) is 31.1 Å². The van der Waals surface area contributed by atoms with E-state index in [1.807, 2.05) is 0 Å². The average molecular weight is 390 g/mol. The van der Waals surface area contributed by atoms with Gasteiger partial charge >= 0.3 is 18.2 Å². The number of nitrogens with one attached hydrogen (secondary N) is 2. The van der Waals surface area contributed by atoms with Crippen molar-refractivity contribution in [3.05, 3.63) is 0 Å². The molecule has 1 aliphatic carbocycles. The molecule has 0 radical (unpaired) electrons. The predicted molar refractivity (Wildman–Crippen MR) is 94.1 cm³/mol. The summed E-state index contributed by atoms with van der Waals surface area (Å²) >= 11 is 0. The van der Waals surface area contributed by atoms with Crippen LogP contribution in [-0.4, -0.2) is 73.0 Å². The molecule has 0 heterocycles. The molecule has 0 bridgehead atoms. The number of aliphatic hydroxyl groups is 2. The highest BCUT2D eigenvalue weighted by Gasteiger charge is 2.26. The van der Waals surface area contributed by atoms with Crippen LogP contribution in [0.4, 0.5) is 9.59 Å². The molecule has 1 fully saturated rings. The molecule has 0 aromatic heterocycles. The number of carbonyl (C=O) groups excluding carboxylic acids is 2. The number of amides is 2. The van der Waals surface area contributed by atoms with Crippen LogP contribution in [0.3, 0.4) is 0 Å². The first kappa shape index (κ1) is 23.0. The van der Waals surface area contributed by atoms with E-state index in [-0.39, 0.29) is 31.7 Å². The molecule has 1 saturated carbocycles. The normalized spacial score (nSPS) is 19.8.